The predicted molar refractivity (Wildman–Crippen MR) is 81.2 cm³/mol. The molecule has 0 aliphatic heterocycles. The van der Waals surface area contributed by atoms with Crippen molar-refractivity contribution in [3.05, 3.63) is 53.1 Å². The van der Waals surface area contributed by atoms with Gasteiger partial charge in [-0.1, -0.05) is 29.4 Å². The Bertz CT molecular complexity index is 555. The van der Waals surface area contributed by atoms with Gasteiger partial charge in [0.1, 0.15) is 5.75 Å². The summed E-state index contributed by atoms with van der Waals surface area (Å²) in [7, 11) is 1.66. The highest BCUT2D eigenvalue weighted by Gasteiger charge is 2.13. The van der Waals surface area contributed by atoms with Gasteiger partial charge in [0.15, 0.2) is 0 Å². The lowest BCUT2D eigenvalue weighted by Gasteiger charge is -2.16. The Kier molecular flexibility index (Phi) is 4.75. The number of hydrogen-bond donors (Lipinski definition) is 1. The van der Waals surface area contributed by atoms with E-state index in [4.69, 9.17) is 22.1 Å². The standard InChI is InChI=1S/C15H16ClNOS/c1-10(17)15-13(18-2)4-3-5-14(15)19-12-8-6-11(16)7-9-12/h3-10H,17H2,1-2H3/t10-/m1/s1. The molecule has 2 nitrogen and oxygen atoms in total. The zero-order valence-corrected chi connectivity index (χ0v) is 12.5. The van der Waals surface area contributed by atoms with Crippen LogP contribution < -0.4 is 10.5 Å². The van der Waals surface area contributed by atoms with Crippen molar-refractivity contribution in [2.75, 3.05) is 7.11 Å². The minimum absolute atomic E-state index is 0.0778. The lowest BCUT2D eigenvalue weighted by Crippen LogP contribution is -2.08. The van der Waals surface area contributed by atoms with E-state index < -0.39 is 0 Å². The summed E-state index contributed by atoms with van der Waals surface area (Å²) in [6.07, 6.45) is 0. The van der Waals surface area contributed by atoms with Crippen LogP contribution in [0.1, 0.15) is 18.5 Å². The molecular weight excluding hydrogens is 278 g/mol. The van der Waals surface area contributed by atoms with Gasteiger partial charge < -0.3 is 10.5 Å². The van der Waals surface area contributed by atoms with Gasteiger partial charge in [-0.15, -0.1) is 0 Å². The first kappa shape index (κ1) is 14.3. The summed E-state index contributed by atoms with van der Waals surface area (Å²) in [5, 5.41) is 0.738. The maximum atomic E-state index is 6.05. The second-order valence-electron chi connectivity index (χ2n) is 4.22. The summed E-state index contributed by atoms with van der Waals surface area (Å²) in [5.41, 5.74) is 7.09. The molecule has 0 heterocycles. The Balaban J connectivity index is 2.36. The van der Waals surface area contributed by atoms with Crippen molar-refractivity contribution in [2.24, 2.45) is 5.73 Å². The fourth-order valence-corrected chi connectivity index (χ4v) is 3.06. The van der Waals surface area contributed by atoms with Crippen LogP contribution in [0.15, 0.2) is 52.3 Å². The first-order valence-electron chi connectivity index (χ1n) is 5.97. The van der Waals surface area contributed by atoms with Crippen LogP contribution in [0.25, 0.3) is 0 Å². The van der Waals surface area contributed by atoms with Gasteiger partial charge in [-0.2, -0.15) is 0 Å². The Morgan fingerprint density at radius 2 is 1.84 bits per heavy atom. The average Bonchev–Trinajstić information content (AvgIpc) is 2.40. The van der Waals surface area contributed by atoms with Crippen LogP contribution in [0.5, 0.6) is 5.75 Å². The van der Waals surface area contributed by atoms with E-state index in [0.717, 1.165) is 26.1 Å². The second-order valence-corrected chi connectivity index (χ2v) is 5.77. The highest BCUT2D eigenvalue weighted by Crippen LogP contribution is 2.37. The molecule has 19 heavy (non-hydrogen) atoms. The van der Waals surface area contributed by atoms with Gasteiger partial charge in [0, 0.05) is 26.4 Å². The third-order valence-electron chi connectivity index (χ3n) is 2.74. The molecule has 0 aromatic heterocycles. The zero-order chi connectivity index (χ0) is 13.8. The Labute approximate surface area is 122 Å². The molecule has 4 heteroatoms. The van der Waals surface area contributed by atoms with Crippen molar-refractivity contribution in [2.45, 2.75) is 22.8 Å². The van der Waals surface area contributed by atoms with Crippen LogP contribution in [0.4, 0.5) is 0 Å². The minimum atomic E-state index is -0.0778. The van der Waals surface area contributed by atoms with Gasteiger partial charge in [0.25, 0.3) is 0 Å². The number of benzene rings is 2. The molecule has 0 aliphatic carbocycles. The van der Waals surface area contributed by atoms with E-state index in [0.29, 0.717) is 0 Å². The van der Waals surface area contributed by atoms with Crippen molar-refractivity contribution in [1.82, 2.24) is 0 Å². The number of ether oxygens (including phenoxy) is 1. The Morgan fingerprint density at radius 1 is 1.16 bits per heavy atom. The molecule has 0 saturated heterocycles. The van der Waals surface area contributed by atoms with E-state index in [1.165, 1.54) is 0 Å². The molecule has 0 aliphatic rings. The highest BCUT2D eigenvalue weighted by atomic mass is 35.5. The van der Waals surface area contributed by atoms with Crippen LogP contribution in [0.2, 0.25) is 5.02 Å². The molecule has 2 rings (SSSR count). The van der Waals surface area contributed by atoms with E-state index in [-0.39, 0.29) is 6.04 Å². The first-order valence-corrected chi connectivity index (χ1v) is 7.17. The van der Waals surface area contributed by atoms with Crippen LogP contribution in [0, 0.1) is 0 Å². The zero-order valence-electron chi connectivity index (χ0n) is 10.9. The largest absolute Gasteiger partial charge is 0.496 e. The first-order chi connectivity index (χ1) is 9.11. The molecule has 2 aromatic carbocycles. The lowest BCUT2D eigenvalue weighted by atomic mass is 10.1. The summed E-state index contributed by atoms with van der Waals surface area (Å²) in [5.74, 6) is 0.828. The fraction of sp³-hybridized carbons (Fsp3) is 0.200. The molecular formula is C15H16ClNOS. The SMILES string of the molecule is COc1cccc(Sc2ccc(Cl)cc2)c1[C@@H](C)N. The van der Waals surface area contributed by atoms with Gasteiger partial charge in [0.2, 0.25) is 0 Å². The molecule has 1 atom stereocenters. The van der Waals surface area contributed by atoms with Gasteiger partial charge in [0.05, 0.1) is 7.11 Å². The van der Waals surface area contributed by atoms with Crippen LogP contribution >= 0.6 is 23.4 Å². The monoisotopic (exact) mass is 293 g/mol. The Hall–Kier alpha value is -1.16. The van der Waals surface area contributed by atoms with Crippen molar-refractivity contribution >= 4 is 23.4 Å². The summed E-state index contributed by atoms with van der Waals surface area (Å²) < 4.78 is 5.39. The number of rotatable bonds is 4. The normalized spacial score (nSPS) is 12.2. The van der Waals surface area contributed by atoms with E-state index in [9.17, 15) is 0 Å². The van der Waals surface area contributed by atoms with Crippen molar-refractivity contribution < 1.29 is 4.74 Å². The molecule has 0 saturated carbocycles. The second kappa shape index (κ2) is 6.33. The van der Waals surface area contributed by atoms with E-state index >= 15 is 0 Å². The molecule has 100 valence electrons. The number of hydrogen-bond acceptors (Lipinski definition) is 3. The summed E-state index contributed by atoms with van der Waals surface area (Å²) >= 11 is 7.56. The van der Waals surface area contributed by atoms with Gasteiger partial charge in [-0.3, -0.25) is 0 Å². The van der Waals surface area contributed by atoms with E-state index in [1.54, 1.807) is 18.9 Å². The van der Waals surface area contributed by atoms with Crippen molar-refractivity contribution in [1.29, 1.82) is 0 Å². The van der Waals surface area contributed by atoms with Gasteiger partial charge >= 0.3 is 0 Å². The summed E-state index contributed by atoms with van der Waals surface area (Å²) in [4.78, 5) is 2.23. The van der Waals surface area contributed by atoms with Crippen LogP contribution in [-0.4, -0.2) is 7.11 Å². The summed E-state index contributed by atoms with van der Waals surface area (Å²) in [6, 6.07) is 13.7. The minimum Gasteiger partial charge on any atom is -0.496 e. The number of methoxy groups -OCH3 is 1. The third kappa shape index (κ3) is 3.44. The maximum Gasteiger partial charge on any atom is 0.124 e. The molecule has 0 radical (unpaired) electrons. The quantitative estimate of drug-likeness (QED) is 0.900. The van der Waals surface area contributed by atoms with Crippen LogP contribution in [0.3, 0.4) is 0 Å². The van der Waals surface area contributed by atoms with Crippen molar-refractivity contribution in [3.8, 4) is 5.75 Å². The van der Waals surface area contributed by atoms with Crippen LogP contribution in [-0.2, 0) is 0 Å². The molecule has 0 spiro atoms. The predicted octanol–water partition coefficient (Wildman–Crippen LogP) is 4.52. The molecule has 2 aromatic rings. The third-order valence-corrected chi connectivity index (χ3v) is 4.08. The van der Waals surface area contributed by atoms with Gasteiger partial charge in [-0.05, 0) is 43.3 Å². The van der Waals surface area contributed by atoms with Crippen molar-refractivity contribution in [3.63, 3.8) is 0 Å². The molecule has 0 bridgehead atoms. The Morgan fingerprint density at radius 3 is 2.42 bits per heavy atom. The summed E-state index contributed by atoms with van der Waals surface area (Å²) in [6.45, 7) is 1.96. The lowest BCUT2D eigenvalue weighted by molar-refractivity contribution is 0.405. The van der Waals surface area contributed by atoms with E-state index in [2.05, 4.69) is 6.07 Å². The average molecular weight is 294 g/mol. The highest BCUT2D eigenvalue weighted by molar-refractivity contribution is 7.99. The molecule has 0 fully saturated rings. The molecule has 2 N–H and O–H groups in total. The topological polar surface area (TPSA) is 35.2 Å². The molecule has 0 unspecified atom stereocenters. The molecule has 0 amide bonds. The number of halogens is 1. The maximum absolute atomic E-state index is 6.05. The number of nitrogens with two attached hydrogens (primary N) is 1. The fourth-order valence-electron chi connectivity index (χ4n) is 1.87. The van der Waals surface area contributed by atoms with Gasteiger partial charge in [-0.25, -0.2) is 0 Å². The van der Waals surface area contributed by atoms with E-state index in [1.807, 2.05) is 43.3 Å². The smallest absolute Gasteiger partial charge is 0.124 e.